The minimum atomic E-state index is -0.843. The van der Waals surface area contributed by atoms with Crippen LogP contribution in [-0.4, -0.2) is 84.2 Å². The summed E-state index contributed by atoms with van der Waals surface area (Å²) in [4.78, 5) is 91.1. The van der Waals surface area contributed by atoms with E-state index in [0.29, 0.717) is 24.5 Å². The summed E-state index contributed by atoms with van der Waals surface area (Å²) in [7, 11) is 0. The molecule has 12 aromatic rings. The molecular weight excluding hydrogens is 1630 g/mol. The van der Waals surface area contributed by atoms with Crippen LogP contribution in [0.2, 0.25) is 0 Å². The zero-order valence-electron chi connectivity index (χ0n) is 72.4. The van der Waals surface area contributed by atoms with Gasteiger partial charge in [0.1, 0.15) is 23.3 Å². The van der Waals surface area contributed by atoms with Gasteiger partial charge in [-0.2, -0.15) is 0 Å². The van der Waals surface area contributed by atoms with Gasteiger partial charge in [-0.15, -0.1) is 58.5 Å². The Labute approximate surface area is 744 Å². The van der Waals surface area contributed by atoms with Crippen molar-refractivity contribution in [3.8, 4) is 42.8 Å². The number of aryl methyl sites for hydroxylation is 4. The summed E-state index contributed by atoms with van der Waals surface area (Å²) >= 11 is 6.74. The number of hydrogen-bond donors (Lipinski definition) is 8. The van der Waals surface area contributed by atoms with E-state index in [1.807, 2.05) is 123 Å². The number of carboxylic acid groups (broad SMARTS) is 4. The Kier molecular flexibility index (Phi) is 38.1. The normalized spacial score (nSPS) is 11.1. The largest absolute Gasteiger partial charge is 0.481 e. The number of thiophene rings is 4. The smallest absolute Gasteiger partial charge is 0.307 e. The van der Waals surface area contributed by atoms with E-state index in [1.54, 1.807) is 45.3 Å². The lowest BCUT2D eigenvalue weighted by atomic mass is 10.1. The third kappa shape index (κ3) is 29.4. The minimum absolute atomic E-state index is 0.00612. The molecule has 12 rings (SSSR count). The van der Waals surface area contributed by atoms with Crippen molar-refractivity contribution in [2.24, 2.45) is 0 Å². The van der Waals surface area contributed by atoms with Crippen molar-refractivity contribution in [2.45, 2.75) is 185 Å². The van der Waals surface area contributed by atoms with Crippen LogP contribution in [0.5, 0.6) is 0 Å². The highest BCUT2D eigenvalue weighted by molar-refractivity contribution is 7.17. The summed E-state index contributed by atoms with van der Waals surface area (Å²) in [5.41, 5.74) is 14.6. The fraction of sp³-hybridized carbons (Fsp3) is 0.280. The molecule has 20 nitrogen and oxygen atoms in total. The third-order valence-corrected chi connectivity index (χ3v) is 23.5. The number of carboxylic acids is 4. The van der Waals surface area contributed by atoms with Crippen LogP contribution in [0.25, 0.3) is 67.1 Å². The van der Waals surface area contributed by atoms with Crippen LogP contribution < -0.4 is 21.3 Å². The van der Waals surface area contributed by atoms with Crippen molar-refractivity contribution >= 4 is 140 Å². The fourth-order valence-electron chi connectivity index (χ4n) is 13.0. The van der Waals surface area contributed by atoms with Crippen LogP contribution in [0.15, 0.2) is 195 Å². The van der Waals surface area contributed by atoms with Gasteiger partial charge in [-0.3, -0.25) is 19.2 Å². The molecule has 0 atom stereocenters. The molecule has 0 aliphatic rings. The maximum atomic E-state index is 10.9. The zero-order chi connectivity index (χ0) is 88.9. The van der Waals surface area contributed by atoms with E-state index in [1.165, 1.54) is 19.5 Å². The number of allylic oxidation sites excluding steroid dienone is 6. The van der Waals surface area contributed by atoms with Gasteiger partial charge in [-0.25, -0.2) is 39.9 Å². The lowest BCUT2D eigenvalue weighted by Gasteiger charge is -2.15. The molecule has 124 heavy (non-hydrogen) atoms. The molecule has 0 unspecified atom stereocenters. The summed E-state index contributed by atoms with van der Waals surface area (Å²) in [5, 5.41) is 49.5. The number of aromatic nitrogens is 8. The molecule has 8 aromatic heterocycles. The molecule has 644 valence electrons. The minimum Gasteiger partial charge on any atom is -0.481 e. The van der Waals surface area contributed by atoms with Crippen molar-refractivity contribution in [2.75, 3.05) is 21.3 Å². The highest BCUT2D eigenvalue weighted by Gasteiger charge is 2.21. The SMILES string of the molecule is C=CCc1c(C)nc(-c2ccc(/C=C/CCC)s2)nc1Nc1ccc(CC(=O)O)cc1.C=CCc1c(CC)nc(-c2ccc(/C=C/CCC)s2)nc1Nc1ccc(CC(=O)O)cc1.CCC/C=C/c1ccc(-c2nc(C)c(CC)c(Nc3ccc(CC(=O)O)cc3)n2)s1.CCC/C=C/c1ccc(-c2nc(CC)c(CC)c(Nc3ccc(CC(=O)O)cc3)n2)s1. The van der Waals surface area contributed by atoms with E-state index in [4.69, 9.17) is 60.3 Å². The number of anilines is 8. The first-order valence-corrected chi connectivity index (χ1v) is 45.5. The van der Waals surface area contributed by atoms with Crippen LogP contribution in [0.4, 0.5) is 46.0 Å². The number of nitrogens with zero attached hydrogens (tertiary/aromatic N) is 8. The molecule has 0 spiro atoms. The summed E-state index contributed by atoms with van der Waals surface area (Å²) in [5.74, 6) is 2.61. The first-order valence-electron chi connectivity index (χ1n) is 42.2. The summed E-state index contributed by atoms with van der Waals surface area (Å²) in [6, 6.07) is 46.3. The summed E-state index contributed by atoms with van der Waals surface area (Å²) in [6.45, 7) is 28.8. The Hall–Kier alpha value is -12.5. The number of benzene rings is 4. The van der Waals surface area contributed by atoms with Crippen LogP contribution in [-0.2, 0) is 83.4 Å². The molecule has 0 aliphatic heterocycles. The molecule has 0 amide bonds. The first-order chi connectivity index (χ1) is 60.1. The van der Waals surface area contributed by atoms with E-state index in [0.717, 1.165) is 222 Å². The summed E-state index contributed by atoms with van der Waals surface area (Å²) in [6.07, 6.45) is 34.6. The Balaban J connectivity index is 0.000000187. The highest BCUT2D eigenvalue weighted by Crippen LogP contribution is 2.37. The predicted octanol–water partition coefficient (Wildman–Crippen LogP) is 25.9. The molecule has 0 aliphatic carbocycles. The van der Waals surface area contributed by atoms with E-state index in [2.05, 4.69) is 187 Å². The second-order valence-corrected chi connectivity index (χ2v) is 33.6. The van der Waals surface area contributed by atoms with Gasteiger partial charge in [0.2, 0.25) is 0 Å². The number of unbranched alkanes of at least 4 members (excludes halogenated alkanes) is 4. The van der Waals surface area contributed by atoms with E-state index in [9.17, 15) is 19.2 Å². The van der Waals surface area contributed by atoms with Crippen molar-refractivity contribution in [3.63, 3.8) is 0 Å². The van der Waals surface area contributed by atoms with Crippen molar-refractivity contribution in [1.82, 2.24) is 39.9 Å². The third-order valence-electron chi connectivity index (χ3n) is 19.3. The molecule has 24 heteroatoms. The quantitative estimate of drug-likeness (QED) is 0.0166. The lowest BCUT2D eigenvalue weighted by Crippen LogP contribution is -2.07. The van der Waals surface area contributed by atoms with Crippen molar-refractivity contribution in [3.05, 3.63) is 282 Å². The van der Waals surface area contributed by atoms with Gasteiger partial charge < -0.3 is 41.7 Å². The van der Waals surface area contributed by atoms with Crippen LogP contribution >= 0.6 is 45.3 Å². The topological polar surface area (TPSA) is 300 Å². The molecule has 0 bridgehead atoms. The monoisotopic (exact) mass is 1740 g/mol. The van der Waals surface area contributed by atoms with Gasteiger partial charge in [0.05, 0.1) is 45.2 Å². The molecule has 4 aromatic carbocycles. The average Bonchev–Trinajstić information content (AvgIpc) is 1.38. The summed E-state index contributed by atoms with van der Waals surface area (Å²) < 4.78 is 0. The molecule has 8 N–H and O–H groups in total. The van der Waals surface area contributed by atoms with Gasteiger partial charge in [-0.05, 0) is 222 Å². The van der Waals surface area contributed by atoms with Crippen LogP contribution in [0.1, 0.15) is 194 Å². The zero-order valence-corrected chi connectivity index (χ0v) is 75.7. The average molecular weight is 1740 g/mol. The molecule has 0 saturated heterocycles. The van der Waals surface area contributed by atoms with Gasteiger partial charge >= 0.3 is 23.9 Å². The molecule has 0 fully saturated rings. The molecule has 0 radical (unpaired) electrons. The second-order valence-electron chi connectivity index (χ2n) is 29.1. The van der Waals surface area contributed by atoms with E-state index in [-0.39, 0.29) is 25.7 Å². The van der Waals surface area contributed by atoms with Gasteiger partial charge in [0.15, 0.2) is 23.3 Å². The van der Waals surface area contributed by atoms with Gasteiger partial charge in [0.25, 0.3) is 0 Å². The number of carbonyl (C=O) groups is 4. The second kappa shape index (κ2) is 49.6. The molecule has 0 saturated carbocycles. The van der Waals surface area contributed by atoms with E-state index < -0.39 is 23.9 Å². The standard InChI is InChI=1S/C26H29N3O2S.C25H27N3O2S.C25H29N3O2S.C24H27N3O2S/c1-4-7-8-10-20-15-16-23(32-20)26-28-22(6-3)21(9-5-2)25(29-26)27-19-13-11-18(12-14-19)17-24(30)31;1-4-6-7-9-20-14-15-22(31-20)25-26-17(3)21(8-5-2)24(28-25)27-19-12-10-18(11-13-19)16-23(29)30;1-4-7-8-9-19-14-15-22(31-19)25-27-21(6-3)20(5-2)24(28-25)26-18-12-10-17(11-13-18)16-23(29)30;1-4-6-7-8-19-13-14-21(30-19)24-25-16(3)20(5-2)23(27-24)26-18-11-9-17(10-12-18)15-22(28)29/h5,8,10-16H,2,4,6-7,9,17H2,1,3H3,(H,30,31)(H,27,28,29);5,7,9-15H,2,4,6,8,16H2,1,3H3,(H,29,30)(H,26,27,28);8-15H,4-7,16H2,1-3H3,(H,29,30)(H,26,27,28);7-14H,4-6,15H2,1-3H3,(H,28,29)(H,25,26,27)/b10-8+;9-7+;9-8+;8-7+. The lowest BCUT2D eigenvalue weighted by molar-refractivity contribution is -0.137. The predicted molar refractivity (Wildman–Crippen MR) is 516 cm³/mol. The van der Waals surface area contributed by atoms with Crippen molar-refractivity contribution in [1.29, 1.82) is 0 Å². The maximum absolute atomic E-state index is 10.9. The fourth-order valence-corrected chi connectivity index (χ4v) is 16.5. The van der Waals surface area contributed by atoms with Crippen LogP contribution in [0, 0.1) is 13.8 Å². The number of aliphatic carboxylic acids is 4. The Morgan fingerprint density at radius 1 is 0.315 bits per heavy atom. The number of nitrogens with one attached hydrogen (secondary N) is 4. The van der Waals surface area contributed by atoms with Crippen LogP contribution in [0.3, 0.4) is 0 Å². The Morgan fingerprint density at radius 3 is 0.831 bits per heavy atom. The van der Waals surface area contributed by atoms with Gasteiger partial charge in [0, 0.05) is 87.3 Å². The maximum Gasteiger partial charge on any atom is 0.307 e. The van der Waals surface area contributed by atoms with Crippen molar-refractivity contribution < 1.29 is 39.6 Å². The molecule has 8 heterocycles. The Bertz CT molecular complexity index is 5670. The first kappa shape index (κ1) is 95.4. The van der Waals surface area contributed by atoms with E-state index >= 15 is 0 Å². The number of hydrogen-bond acceptors (Lipinski definition) is 20. The number of rotatable bonds is 40. The molecular formula is C100H112N12O8S4. The highest BCUT2D eigenvalue weighted by atomic mass is 32.1. The van der Waals surface area contributed by atoms with Gasteiger partial charge in [-0.1, -0.05) is 166 Å². The Morgan fingerprint density at radius 2 is 0.565 bits per heavy atom.